The number of halogens is 2. The van der Waals surface area contributed by atoms with E-state index in [1.54, 1.807) is 14.2 Å². The number of guanidine groups is 1. The topological polar surface area (TPSA) is 74.9 Å². The second-order valence-corrected chi connectivity index (χ2v) is 6.89. The van der Waals surface area contributed by atoms with Gasteiger partial charge < -0.3 is 24.8 Å². The van der Waals surface area contributed by atoms with Gasteiger partial charge in [0.05, 0.1) is 25.0 Å². The molecule has 28 heavy (non-hydrogen) atoms. The summed E-state index contributed by atoms with van der Waals surface area (Å²) in [6, 6.07) is 7.94. The maximum Gasteiger partial charge on any atom is 0.191 e. The van der Waals surface area contributed by atoms with Crippen LogP contribution >= 0.6 is 35.6 Å². The second-order valence-electron chi connectivity index (χ2n) is 6.46. The van der Waals surface area contributed by atoms with Crippen molar-refractivity contribution in [1.29, 1.82) is 0 Å². The molecule has 0 radical (unpaired) electrons. The normalized spacial score (nSPS) is 16.6. The number of aryl methyl sites for hydroxylation is 1. The Morgan fingerprint density at radius 2 is 2.25 bits per heavy atom. The number of aliphatic imine (C=N–C) groups is 1. The molecule has 2 heterocycles. The number of anilines is 1. The lowest BCUT2D eigenvalue weighted by atomic mass is 10.2. The molecule has 0 bridgehead atoms. The summed E-state index contributed by atoms with van der Waals surface area (Å²) in [5.41, 5.74) is 1.97. The van der Waals surface area contributed by atoms with E-state index in [9.17, 15) is 0 Å². The van der Waals surface area contributed by atoms with E-state index < -0.39 is 0 Å². The summed E-state index contributed by atoms with van der Waals surface area (Å²) in [5.74, 6) is 2.38. The molecule has 9 heteroatoms. The number of methoxy groups -OCH3 is 1. The van der Waals surface area contributed by atoms with Gasteiger partial charge in [0.1, 0.15) is 5.75 Å². The predicted molar refractivity (Wildman–Crippen MR) is 123 cm³/mol. The van der Waals surface area contributed by atoms with Crippen molar-refractivity contribution in [2.24, 2.45) is 4.99 Å². The SMILES string of the molecule is CCc1cc(CNC(=NC)NC2CCN(c3cc(Cl)ccc3OC)C2)on1.I. The molecule has 0 amide bonds. The van der Waals surface area contributed by atoms with Crippen LogP contribution in [-0.4, -0.2) is 44.4 Å². The molecule has 0 saturated carbocycles. The first-order valence-corrected chi connectivity index (χ1v) is 9.50. The van der Waals surface area contributed by atoms with Crippen LogP contribution in [0.5, 0.6) is 5.75 Å². The van der Waals surface area contributed by atoms with Crippen LogP contribution in [-0.2, 0) is 13.0 Å². The average Bonchev–Trinajstić information content (AvgIpc) is 3.34. The highest BCUT2D eigenvalue weighted by Crippen LogP contribution is 2.33. The molecule has 2 aromatic rings. The number of nitrogens with zero attached hydrogens (tertiary/aromatic N) is 3. The van der Waals surface area contributed by atoms with Crippen molar-refractivity contribution >= 4 is 47.2 Å². The van der Waals surface area contributed by atoms with Gasteiger partial charge in [-0.2, -0.15) is 0 Å². The van der Waals surface area contributed by atoms with Gasteiger partial charge in [-0.25, -0.2) is 0 Å². The minimum atomic E-state index is 0. The standard InChI is InChI=1S/C19H26ClN5O2.HI/c1-4-14-10-16(27-24-14)11-22-19(21-2)23-15-7-8-25(12-15)17-9-13(20)5-6-18(17)26-3;/h5-6,9-10,15H,4,7-8,11-12H2,1-3H3,(H2,21,22,23);1H. The van der Waals surface area contributed by atoms with Crippen molar-refractivity contribution < 1.29 is 9.26 Å². The van der Waals surface area contributed by atoms with Crippen LogP contribution < -0.4 is 20.3 Å². The number of aromatic nitrogens is 1. The Hall–Kier alpha value is -1.68. The van der Waals surface area contributed by atoms with Gasteiger partial charge in [-0.05, 0) is 31.0 Å². The van der Waals surface area contributed by atoms with Gasteiger partial charge in [-0.1, -0.05) is 23.7 Å². The van der Waals surface area contributed by atoms with Crippen molar-refractivity contribution in [3.63, 3.8) is 0 Å². The minimum Gasteiger partial charge on any atom is -0.495 e. The number of benzene rings is 1. The van der Waals surface area contributed by atoms with Gasteiger partial charge >= 0.3 is 0 Å². The summed E-state index contributed by atoms with van der Waals surface area (Å²) < 4.78 is 10.8. The molecule has 7 nitrogen and oxygen atoms in total. The zero-order chi connectivity index (χ0) is 19.2. The molecular weight excluding hydrogens is 493 g/mol. The van der Waals surface area contributed by atoms with Crippen LogP contribution in [0.15, 0.2) is 33.8 Å². The second kappa shape index (κ2) is 10.8. The largest absolute Gasteiger partial charge is 0.495 e. The molecule has 1 unspecified atom stereocenters. The van der Waals surface area contributed by atoms with Crippen molar-refractivity contribution in [2.75, 3.05) is 32.1 Å². The lowest BCUT2D eigenvalue weighted by molar-refractivity contribution is 0.374. The van der Waals surface area contributed by atoms with Crippen LogP contribution in [0.4, 0.5) is 5.69 Å². The monoisotopic (exact) mass is 519 g/mol. The highest BCUT2D eigenvalue weighted by molar-refractivity contribution is 14.0. The Labute approximate surface area is 187 Å². The number of ether oxygens (including phenoxy) is 1. The van der Waals surface area contributed by atoms with Crippen LogP contribution in [0.25, 0.3) is 0 Å². The molecule has 1 aromatic carbocycles. The smallest absolute Gasteiger partial charge is 0.191 e. The summed E-state index contributed by atoms with van der Waals surface area (Å²) in [4.78, 5) is 6.58. The molecule has 1 aliphatic heterocycles. The van der Waals surface area contributed by atoms with Crippen LogP contribution in [0.3, 0.4) is 0 Å². The van der Waals surface area contributed by atoms with Crippen LogP contribution in [0, 0.1) is 0 Å². The van der Waals surface area contributed by atoms with E-state index in [-0.39, 0.29) is 30.0 Å². The first kappa shape index (κ1) is 22.6. The summed E-state index contributed by atoms with van der Waals surface area (Å²) >= 11 is 6.17. The van der Waals surface area contributed by atoms with Crippen molar-refractivity contribution in [2.45, 2.75) is 32.4 Å². The number of rotatable bonds is 6. The van der Waals surface area contributed by atoms with E-state index in [0.29, 0.717) is 11.6 Å². The zero-order valence-electron chi connectivity index (χ0n) is 16.4. The molecule has 0 spiro atoms. The molecule has 154 valence electrons. The molecule has 1 aromatic heterocycles. The summed E-state index contributed by atoms with van der Waals surface area (Å²) in [6.45, 7) is 4.37. The quantitative estimate of drug-likeness (QED) is 0.346. The third kappa shape index (κ3) is 5.66. The van der Waals surface area contributed by atoms with E-state index in [2.05, 4.69) is 32.6 Å². The van der Waals surface area contributed by atoms with Gasteiger partial charge in [-0.3, -0.25) is 4.99 Å². The van der Waals surface area contributed by atoms with E-state index in [0.717, 1.165) is 54.8 Å². The molecular formula is C19H27ClIN5O2. The molecule has 0 aliphatic carbocycles. The highest BCUT2D eigenvalue weighted by atomic mass is 127. The third-order valence-electron chi connectivity index (χ3n) is 4.63. The summed E-state index contributed by atoms with van der Waals surface area (Å²) in [5, 5.41) is 11.5. The van der Waals surface area contributed by atoms with E-state index in [4.69, 9.17) is 20.9 Å². The van der Waals surface area contributed by atoms with Crippen LogP contribution in [0.1, 0.15) is 24.8 Å². The van der Waals surface area contributed by atoms with Gasteiger partial charge in [0.25, 0.3) is 0 Å². The summed E-state index contributed by atoms with van der Waals surface area (Å²) in [6.07, 6.45) is 1.86. The lowest BCUT2D eigenvalue weighted by Crippen LogP contribution is -2.44. The third-order valence-corrected chi connectivity index (χ3v) is 4.87. The molecule has 2 N–H and O–H groups in total. The molecule has 1 atom stereocenters. The van der Waals surface area contributed by atoms with Crippen LogP contribution in [0.2, 0.25) is 5.02 Å². The Bertz CT molecular complexity index is 798. The van der Waals surface area contributed by atoms with E-state index >= 15 is 0 Å². The fourth-order valence-corrected chi connectivity index (χ4v) is 3.34. The first-order valence-electron chi connectivity index (χ1n) is 9.13. The molecule has 1 fully saturated rings. The number of hydrogen-bond donors (Lipinski definition) is 2. The fourth-order valence-electron chi connectivity index (χ4n) is 3.17. The molecule has 1 aliphatic rings. The Kier molecular flexibility index (Phi) is 8.68. The van der Waals surface area contributed by atoms with Crippen molar-refractivity contribution in [1.82, 2.24) is 15.8 Å². The molecule has 3 rings (SSSR count). The van der Waals surface area contributed by atoms with Gasteiger partial charge in [0, 0.05) is 37.3 Å². The molecule has 1 saturated heterocycles. The fraction of sp³-hybridized carbons (Fsp3) is 0.474. The number of nitrogens with one attached hydrogen (secondary N) is 2. The van der Waals surface area contributed by atoms with E-state index in [1.165, 1.54) is 0 Å². The van der Waals surface area contributed by atoms with Gasteiger partial charge in [0.15, 0.2) is 11.7 Å². The Morgan fingerprint density at radius 3 is 2.93 bits per heavy atom. The predicted octanol–water partition coefficient (Wildman–Crippen LogP) is 3.46. The first-order chi connectivity index (χ1) is 13.1. The highest BCUT2D eigenvalue weighted by Gasteiger charge is 2.25. The van der Waals surface area contributed by atoms with Crippen molar-refractivity contribution in [3.05, 3.63) is 40.7 Å². The van der Waals surface area contributed by atoms with E-state index in [1.807, 2.05) is 24.3 Å². The lowest BCUT2D eigenvalue weighted by Gasteiger charge is -2.22. The Morgan fingerprint density at radius 1 is 1.43 bits per heavy atom. The summed E-state index contributed by atoms with van der Waals surface area (Å²) in [7, 11) is 3.44. The van der Waals surface area contributed by atoms with Crippen molar-refractivity contribution in [3.8, 4) is 5.75 Å². The number of hydrogen-bond acceptors (Lipinski definition) is 5. The van der Waals surface area contributed by atoms with Gasteiger partial charge in [0.2, 0.25) is 0 Å². The van der Waals surface area contributed by atoms with Gasteiger partial charge in [-0.15, -0.1) is 24.0 Å². The maximum atomic E-state index is 6.17. The maximum absolute atomic E-state index is 6.17. The zero-order valence-corrected chi connectivity index (χ0v) is 19.5. The Balaban J connectivity index is 0.00000280. The minimum absolute atomic E-state index is 0. The average molecular weight is 520 g/mol.